The van der Waals surface area contributed by atoms with Crippen LogP contribution in [0.1, 0.15) is 43.7 Å². The zero-order valence-electron chi connectivity index (χ0n) is 14.0. The fourth-order valence-corrected chi connectivity index (χ4v) is 4.22. The third-order valence-electron chi connectivity index (χ3n) is 6.04. The fraction of sp³-hybridized carbons (Fsp3) is 0.632. The maximum absolute atomic E-state index is 13.2. The van der Waals surface area contributed by atoms with Crippen molar-refractivity contribution < 1.29 is 13.9 Å². The first kappa shape index (κ1) is 15.9. The number of nitrogens with one attached hydrogen (secondary N) is 1. The lowest BCUT2D eigenvalue weighted by Crippen LogP contribution is -2.44. The molecule has 2 heterocycles. The summed E-state index contributed by atoms with van der Waals surface area (Å²) in [5.41, 5.74) is 1.19. The lowest BCUT2D eigenvalue weighted by molar-refractivity contribution is 0.150. The maximum Gasteiger partial charge on any atom is 0.317 e. The second-order valence-corrected chi connectivity index (χ2v) is 7.64. The molecule has 2 saturated heterocycles. The van der Waals surface area contributed by atoms with Gasteiger partial charge in [-0.15, -0.1) is 0 Å². The number of ether oxygens (including phenoxy) is 1. The Hall–Kier alpha value is -1.62. The van der Waals surface area contributed by atoms with Gasteiger partial charge in [-0.3, -0.25) is 0 Å². The van der Waals surface area contributed by atoms with E-state index in [0.29, 0.717) is 5.92 Å². The molecule has 1 aromatic rings. The monoisotopic (exact) mass is 332 g/mol. The van der Waals surface area contributed by atoms with Crippen molar-refractivity contribution in [3.63, 3.8) is 0 Å². The van der Waals surface area contributed by atoms with Crippen LogP contribution in [0.2, 0.25) is 0 Å². The van der Waals surface area contributed by atoms with Gasteiger partial charge < -0.3 is 15.0 Å². The van der Waals surface area contributed by atoms with Crippen LogP contribution in [0, 0.1) is 17.2 Å². The second-order valence-electron chi connectivity index (χ2n) is 7.64. The number of benzene rings is 1. The highest BCUT2D eigenvalue weighted by atomic mass is 19.1. The van der Waals surface area contributed by atoms with Crippen LogP contribution in [0.25, 0.3) is 0 Å². The number of hydrogen-bond acceptors (Lipinski definition) is 2. The van der Waals surface area contributed by atoms with Crippen molar-refractivity contribution in [3.8, 4) is 0 Å². The molecule has 1 saturated carbocycles. The van der Waals surface area contributed by atoms with Crippen molar-refractivity contribution in [2.45, 2.75) is 38.1 Å². The number of nitrogens with zero attached hydrogens (tertiary/aromatic N) is 1. The van der Waals surface area contributed by atoms with Crippen molar-refractivity contribution in [3.05, 3.63) is 35.6 Å². The van der Waals surface area contributed by atoms with Crippen molar-refractivity contribution in [2.24, 2.45) is 11.3 Å². The van der Waals surface area contributed by atoms with Gasteiger partial charge in [0.05, 0.1) is 12.6 Å². The molecule has 24 heavy (non-hydrogen) atoms. The Bertz CT molecular complexity index is 594. The van der Waals surface area contributed by atoms with E-state index in [2.05, 4.69) is 5.32 Å². The summed E-state index contributed by atoms with van der Waals surface area (Å²) in [4.78, 5) is 14.7. The van der Waals surface area contributed by atoms with Crippen LogP contribution in [0.15, 0.2) is 24.3 Å². The molecule has 4 nitrogen and oxygen atoms in total. The predicted molar refractivity (Wildman–Crippen MR) is 89.1 cm³/mol. The van der Waals surface area contributed by atoms with Crippen LogP contribution in [-0.4, -0.2) is 37.2 Å². The van der Waals surface area contributed by atoms with Crippen LogP contribution in [0.4, 0.5) is 9.18 Å². The molecule has 1 aliphatic carbocycles. The molecule has 2 amide bonds. The van der Waals surface area contributed by atoms with E-state index in [-0.39, 0.29) is 23.3 Å². The van der Waals surface area contributed by atoms with Crippen LogP contribution < -0.4 is 5.32 Å². The van der Waals surface area contributed by atoms with Crippen LogP contribution >= 0.6 is 0 Å². The second kappa shape index (κ2) is 6.36. The minimum atomic E-state index is -0.236. The highest BCUT2D eigenvalue weighted by molar-refractivity contribution is 5.75. The first-order valence-electron chi connectivity index (χ1n) is 9.04. The summed E-state index contributed by atoms with van der Waals surface area (Å²) in [6.07, 6.45) is 5.55. The Morgan fingerprint density at radius 1 is 1.29 bits per heavy atom. The number of urea groups is 1. The number of carbonyl (C=O) groups excluding carboxylic acids is 1. The topological polar surface area (TPSA) is 41.6 Å². The van der Waals surface area contributed by atoms with Gasteiger partial charge in [0.1, 0.15) is 5.82 Å². The average molecular weight is 332 g/mol. The fourth-order valence-electron chi connectivity index (χ4n) is 4.22. The molecular weight excluding hydrogens is 307 g/mol. The van der Waals surface area contributed by atoms with Crippen molar-refractivity contribution in [1.29, 1.82) is 0 Å². The number of carbonyl (C=O) groups is 1. The van der Waals surface area contributed by atoms with E-state index in [0.717, 1.165) is 57.6 Å². The summed E-state index contributed by atoms with van der Waals surface area (Å²) in [5, 5.41) is 3.23. The van der Waals surface area contributed by atoms with Crippen molar-refractivity contribution >= 4 is 6.03 Å². The third-order valence-corrected chi connectivity index (χ3v) is 6.04. The minimum Gasteiger partial charge on any atom is -0.381 e. The minimum absolute atomic E-state index is 0.0109. The summed E-state index contributed by atoms with van der Waals surface area (Å²) in [5.74, 6) is 0.228. The van der Waals surface area contributed by atoms with Crippen molar-refractivity contribution in [2.75, 3.05) is 26.3 Å². The van der Waals surface area contributed by atoms with Crippen LogP contribution in [0.5, 0.6) is 0 Å². The first-order chi connectivity index (χ1) is 11.7. The van der Waals surface area contributed by atoms with E-state index in [9.17, 15) is 9.18 Å². The van der Waals surface area contributed by atoms with Gasteiger partial charge in [-0.05, 0) is 49.3 Å². The van der Waals surface area contributed by atoms with E-state index in [1.54, 1.807) is 12.1 Å². The van der Waals surface area contributed by atoms with Gasteiger partial charge >= 0.3 is 6.03 Å². The quantitative estimate of drug-likeness (QED) is 0.920. The Morgan fingerprint density at radius 3 is 2.71 bits per heavy atom. The zero-order valence-corrected chi connectivity index (χ0v) is 14.0. The Morgan fingerprint density at radius 2 is 2.08 bits per heavy atom. The van der Waals surface area contributed by atoms with Gasteiger partial charge in [-0.25, -0.2) is 9.18 Å². The largest absolute Gasteiger partial charge is 0.381 e. The molecular formula is C19H25FN2O2. The SMILES string of the molecule is O=C(N[C@H](c1ccc(F)cc1)C1CCC1)N1CC[C@@]2(CCOC2)C1. The molecule has 5 heteroatoms. The lowest BCUT2D eigenvalue weighted by Gasteiger charge is -2.35. The summed E-state index contributed by atoms with van der Waals surface area (Å²) >= 11 is 0. The number of amides is 2. The number of likely N-dealkylation sites (tertiary alicyclic amines) is 1. The maximum atomic E-state index is 13.2. The van der Waals surface area contributed by atoms with E-state index in [4.69, 9.17) is 4.74 Å². The van der Waals surface area contributed by atoms with Gasteiger partial charge in [0.25, 0.3) is 0 Å². The molecule has 0 unspecified atom stereocenters. The van der Waals surface area contributed by atoms with E-state index >= 15 is 0 Å². The normalized spacial score (nSPS) is 28.1. The van der Waals surface area contributed by atoms with Gasteiger partial charge in [-0.1, -0.05) is 18.6 Å². The number of rotatable bonds is 3. The average Bonchev–Trinajstić information content (AvgIpc) is 3.16. The van der Waals surface area contributed by atoms with Gasteiger partial charge in [0.2, 0.25) is 0 Å². The molecule has 2 atom stereocenters. The van der Waals surface area contributed by atoms with Crippen LogP contribution in [-0.2, 0) is 4.74 Å². The zero-order chi connectivity index (χ0) is 16.6. The molecule has 4 rings (SSSR count). The van der Waals surface area contributed by atoms with E-state index in [1.807, 2.05) is 4.90 Å². The molecule has 0 bridgehead atoms. The number of hydrogen-bond donors (Lipinski definition) is 1. The van der Waals surface area contributed by atoms with Gasteiger partial charge in [-0.2, -0.15) is 0 Å². The Kier molecular flexibility index (Phi) is 4.21. The summed E-state index contributed by atoms with van der Waals surface area (Å²) < 4.78 is 18.8. The molecule has 3 fully saturated rings. The lowest BCUT2D eigenvalue weighted by atomic mass is 9.77. The molecule has 0 aromatic heterocycles. The smallest absolute Gasteiger partial charge is 0.317 e. The highest BCUT2D eigenvalue weighted by Crippen LogP contribution is 2.40. The molecule has 1 N–H and O–H groups in total. The standard InChI is InChI=1S/C19H25FN2O2/c20-16-6-4-15(5-7-16)17(14-2-1-3-14)21-18(23)22-10-8-19(12-22)9-11-24-13-19/h4-7,14,17H,1-3,8-13H2,(H,21,23)/t17-,19+/m0/s1. The highest BCUT2D eigenvalue weighted by Gasteiger charge is 2.43. The summed E-state index contributed by atoms with van der Waals surface area (Å²) in [6.45, 7) is 3.19. The van der Waals surface area contributed by atoms with Crippen LogP contribution in [0.3, 0.4) is 0 Å². The molecule has 1 aromatic carbocycles. The molecule has 130 valence electrons. The third kappa shape index (κ3) is 3.02. The molecule has 1 spiro atoms. The van der Waals surface area contributed by atoms with Gasteiger partial charge in [0.15, 0.2) is 0 Å². The summed E-state index contributed by atoms with van der Waals surface area (Å²) in [6, 6.07) is 6.56. The van der Waals surface area contributed by atoms with Crippen molar-refractivity contribution in [1.82, 2.24) is 10.2 Å². The Balaban J connectivity index is 1.44. The molecule has 3 aliphatic rings. The van der Waals surface area contributed by atoms with E-state index in [1.165, 1.54) is 18.6 Å². The predicted octanol–water partition coefficient (Wildman–Crippen LogP) is 3.49. The summed E-state index contributed by atoms with van der Waals surface area (Å²) in [7, 11) is 0. The first-order valence-corrected chi connectivity index (χ1v) is 9.04. The Labute approximate surface area is 142 Å². The van der Waals surface area contributed by atoms with E-state index < -0.39 is 0 Å². The molecule has 2 aliphatic heterocycles. The number of halogens is 1. The van der Waals surface area contributed by atoms with Gasteiger partial charge in [0, 0.05) is 25.1 Å². The molecule has 0 radical (unpaired) electrons.